The first-order valence-electron chi connectivity index (χ1n) is 9.73. The van der Waals surface area contributed by atoms with Crippen molar-refractivity contribution in [2.24, 2.45) is 0 Å². The molecule has 0 radical (unpaired) electrons. The quantitative estimate of drug-likeness (QED) is 0.331. The van der Waals surface area contributed by atoms with Gasteiger partial charge < -0.3 is 0 Å². The molecule has 0 aliphatic rings. The summed E-state index contributed by atoms with van der Waals surface area (Å²) in [7, 11) is 0. The fourth-order valence-corrected chi connectivity index (χ4v) is 5.07. The highest BCUT2D eigenvalue weighted by atomic mass is 32.2. The molecule has 5 aromatic rings. The molecular formula is C25H21N3S. The van der Waals surface area contributed by atoms with Crippen LogP contribution in [-0.2, 0) is 0 Å². The van der Waals surface area contributed by atoms with Gasteiger partial charge >= 0.3 is 0 Å². The number of hydrogen-bond donors (Lipinski definition) is 0. The molecule has 0 fully saturated rings. The van der Waals surface area contributed by atoms with Crippen molar-refractivity contribution >= 4 is 28.3 Å². The Morgan fingerprint density at radius 2 is 1.38 bits per heavy atom. The zero-order valence-electron chi connectivity index (χ0n) is 16.4. The molecule has 0 N–H and O–H groups in total. The molecule has 0 aliphatic carbocycles. The van der Waals surface area contributed by atoms with E-state index < -0.39 is 0 Å². The average molecular weight is 396 g/mol. The van der Waals surface area contributed by atoms with Gasteiger partial charge in [-0.25, -0.2) is 0 Å². The standard InChI is InChI=1S/C25H21N3S/c1-17-10-9-15-21-18(2)16-22-26-27-25(28(22)23(17)21)29-24(19-11-5-3-6-12-19)20-13-7-4-8-14-20/h3-16,24H,1-2H3. The molecule has 5 rings (SSSR count). The summed E-state index contributed by atoms with van der Waals surface area (Å²) in [6.07, 6.45) is 0. The monoisotopic (exact) mass is 395 g/mol. The first-order chi connectivity index (χ1) is 14.2. The van der Waals surface area contributed by atoms with E-state index >= 15 is 0 Å². The predicted octanol–water partition coefficient (Wildman–Crippen LogP) is 6.38. The molecule has 0 atom stereocenters. The smallest absolute Gasteiger partial charge is 0.197 e. The molecule has 142 valence electrons. The van der Waals surface area contributed by atoms with E-state index in [2.05, 4.69) is 113 Å². The van der Waals surface area contributed by atoms with Crippen molar-refractivity contribution in [1.29, 1.82) is 0 Å². The highest BCUT2D eigenvalue weighted by Gasteiger charge is 2.20. The molecule has 3 aromatic carbocycles. The largest absolute Gasteiger partial charge is 0.270 e. The summed E-state index contributed by atoms with van der Waals surface area (Å²) in [5, 5.41) is 11.4. The molecule has 3 nitrogen and oxygen atoms in total. The zero-order valence-corrected chi connectivity index (χ0v) is 17.2. The summed E-state index contributed by atoms with van der Waals surface area (Å²) >= 11 is 1.75. The number of rotatable bonds is 4. The van der Waals surface area contributed by atoms with Crippen molar-refractivity contribution in [1.82, 2.24) is 14.6 Å². The Labute approximate surface area is 174 Å². The minimum absolute atomic E-state index is 0.144. The van der Waals surface area contributed by atoms with Gasteiger partial charge in [-0.05, 0) is 42.2 Å². The van der Waals surface area contributed by atoms with Crippen molar-refractivity contribution in [2.75, 3.05) is 0 Å². The van der Waals surface area contributed by atoms with E-state index in [1.54, 1.807) is 11.8 Å². The van der Waals surface area contributed by atoms with Crippen molar-refractivity contribution in [2.45, 2.75) is 24.3 Å². The lowest BCUT2D eigenvalue weighted by atomic mass is 10.0. The lowest BCUT2D eigenvalue weighted by Gasteiger charge is -2.17. The predicted molar refractivity (Wildman–Crippen MR) is 121 cm³/mol. The second-order valence-electron chi connectivity index (χ2n) is 7.29. The van der Waals surface area contributed by atoms with Gasteiger partial charge in [0, 0.05) is 5.39 Å². The fourth-order valence-electron chi connectivity index (χ4n) is 3.90. The zero-order chi connectivity index (χ0) is 19.8. The molecule has 2 aromatic heterocycles. The maximum atomic E-state index is 4.59. The first kappa shape index (κ1) is 18.0. The third-order valence-corrected chi connectivity index (χ3v) is 6.57. The van der Waals surface area contributed by atoms with E-state index in [1.807, 2.05) is 0 Å². The minimum Gasteiger partial charge on any atom is -0.270 e. The number of aromatic nitrogens is 3. The molecular weight excluding hydrogens is 374 g/mol. The highest BCUT2D eigenvalue weighted by Crippen LogP contribution is 2.40. The van der Waals surface area contributed by atoms with E-state index in [1.165, 1.54) is 33.2 Å². The second-order valence-corrected chi connectivity index (χ2v) is 8.37. The molecule has 0 saturated carbocycles. The van der Waals surface area contributed by atoms with E-state index in [4.69, 9.17) is 0 Å². The van der Waals surface area contributed by atoms with Crippen molar-refractivity contribution in [3.8, 4) is 0 Å². The summed E-state index contributed by atoms with van der Waals surface area (Å²) in [5.41, 5.74) is 7.06. The van der Waals surface area contributed by atoms with Crippen LogP contribution in [0.15, 0.2) is 90.1 Å². The van der Waals surface area contributed by atoms with Gasteiger partial charge in [0.2, 0.25) is 0 Å². The third kappa shape index (κ3) is 3.19. The molecule has 0 spiro atoms. The maximum Gasteiger partial charge on any atom is 0.197 e. The summed E-state index contributed by atoms with van der Waals surface area (Å²) in [5.74, 6) is 0. The molecule has 29 heavy (non-hydrogen) atoms. The van der Waals surface area contributed by atoms with E-state index in [0.717, 1.165) is 10.8 Å². The number of para-hydroxylation sites is 1. The fraction of sp³-hybridized carbons (Fsp3) is 0.120. The summed E-state index contributed by atoms with van der Waals surface area (Å²) in [4.78, 5) is 0. The maximum absolute atomic E-state index is 4.59. The van der Waals surface area contributed by atoms with Gasteiger partial charge in [0.05, 0.1) is 10.8 Å². The van der Waals surface area contributed by atoms with Crippen molar-refractivity contribution < 1.29 is 0 Å². The number of fused-ring (bicyclic) bond motifs is 3. The second kappa shape index (κ2) is 7.37. The molecule has 0 amide bonds. The average Bonchev–Trinajstić information content (AvgIpc) is 3.16. The Kier molecular flexibility index (Phi) is 4.57. The van der Waals surface area contributed by atoms with Crippen molar-refractivity contribution in [3.63, 3.8) is 0 Å². The van der Waals surface area contributed by atoms with Crippen molar-refractivity contribution in [3.05, 3.63) is 107 Å². The molecule has 2 heterocycles. The number of pyridine rings is 1. The Balaban J connectivity index is 1.71. The van der Waals surface area contributed by atoms with Crippen LogP contribution in [0.2, 0.25) is 0 Å². The van der Waals surface area contributed by atoms with Crippen LogP contribution >= 0.6 is 11.8 Å². The van der Waals surface area contributed by atoms with Crippen LogP contribution in [0, 0.1) is 13.8 Å². The number of thioether (sulfide) groups is 1. The molecule has 0 aliphatic heterocycles. The Bertz CT molecular complexity index is 1250. The van der Waals surface area contributed by atoms with E-state index in [-0.39, 0.29) is 5.25 Å². The van der Waals surface area contributed by atoms with Crippen LogP contribution in [-0.4, -0.2) is 14.6 Å². The van der Waals surface area contributed by atoms with Crippen LogP contribution in [0.3, 0.4) is 0 Å². The SMILES string of the molecule is Cc1cc2nnc(SC(c3ccccc3)c3ccccc3)n2c2c(C)cccc12. The lowest BCUT2D eigenvalue weighted by molar-refractivity contribution is 0.931. The molecule has 0 saturated heterocycles. The van der Waals surface area contributed by atoms with Crippen LogP contribution in [0.1, 0.15) is 27.5 Å². The number of aryl methyl sites for hydroxylation is 2. The van der Waals surface area contributed by atoms with Crippen LogP contribution in [0.25, 0.3) is 16.6 Å². The molecule has 4 heteroatoms. The number of hydrogen-bond acceptors (Lipinski definition) is 3. The molecule has 0 bridgehead atoms. The third-order valence-electron chi connectivity index (χ3n) is 5.32. The Hall–Kier alpha value is -3.11. The summed E-state index contributed by atoms with van der Waals surface area (Å²) in [6, 6.07) is 29.8. The van der Waals surface area contributed by atoms with Gasteiger partial charge in [0.25, 0.3) is 0 Å². The van der Waals surface area contributed by atoms with Crippen LogP contribution in [0.4, 0.5) is 0 Å². The van der Waals surface area contributed by atoms with Crippen LogP contribution < -0.4 is 0 Å². The van der Waals surface area contributed by atoms with Gasteiger partial charge in [-0.2, -0.15) is 0 Å². The normalized spacial score (nSPS) is 11.6. The van der Waals surface area contributed by atoms with Gasteiger partial charge in [0.1, 0.15) is 0 Å². The summed E-state index contributed by atoms with van der Waals surface area (Å²) in [6.45, 7) is 4.29. The number of nitrogens with zero attached hydrogens (tertiary/aromatic N) is 3. The van der Waals surface area contributed by atoms with Gasteiger partial charge in [-0.3, -0.25) is 4.40 Å². The van der Waals surface area contributed by atoms with Gasteiger partial charge in [0.15, 0.2) is 10.8 Å². The Morgan fingerprint density at radius 1 is 0.724 bits per heavy atom. The lowest BCUT2D eigenvalue weighted by Crippen LogP contribution is -2.00. The Morgan fingerprint density at radius 3 is 2.03 bits per heavy atom. The minimum atomic E-state index is 0.144. The number of benzene rings is 3. The van der Waals surface area contributed by atoms with Gasteiger partial charge in [-0.15, -0.1) is 10.2 Å². The van der Waals surface area contributed by atoms with E-state index in [9.17, 15) is 0 Å². The van der Waals surface area contributed by atoms with E-state index in [0.29, 0.717) is 0 Å². The molecule has 0 unspecified atom stereocenters. The van der Waals surface area contributed by atoms with Gasteiger partial charge in [-0.1, -0.05) is 90.6 Å². The topological polar surface area (TPSA) is 30.2 Å². The van der Waals surface area contributed by atoms with Crippen LogP contribution in [0.5, 0.6) is 0 Å². The first-order valence-corrected chi connectivity index (χ1v) is 10.6. The highest BCUT2D eigenvalue weighted by molar-refractivity contribution is 7.99. The summed E-state index contributed by atoms with van der Waals surface area (Å²) < 4.78 is 2.21.